The molecule has 0 saturated heterocycles. The molecule has 1 aliphatic heterocycles. The molecule has 7 nitrogen and oxygen atoms in total. The molecule has 168 valence electrons. The monoisotopic (exact) mass is 464 g/mol. The third-order valence-corrected chi connectivity index (χ3v) is 5.68. The van der Waals surface area contributed by atoms with Crippen LogP contribution in [-0.2, 0) is 0 Å². The van der Waals surface area contributed by atoms with Gasteiger partial charge in [0.15, 0.2) is 0 Å². The number of nitrogens with zero attached hydrogens (tertiary/aromatic N) is 2. The number of hydrogen-bond acceptors (Lipinski definition) is 5. The quantitative estimate of drug-likeness (QED) is 0.487. The lowest BCUT2D eigenvalue weighted by Crippen LogP contribution is -2.41. The van der Waals surface area contributed by atoms with E-state index in [1.807, 2.05) is 0 Å². The van der Waals surface area contributed by atoms with E-state index in [-0.39, 0.29) is 36.4 Å². The lowest BCUT2D eigenvalue weighted by Gasteiger charge is -2.26. The molecule has 8 heteroatoms. The van der Waals surface area contributed by atoms with Gasteiger partial charge in [0.25, 0.3) is 17.7 Å². The zero-order chi connectivity index (χ0) is 23.5. The van der Waals surface area contributed by atoms with Crippen LogP contribution in [0.5, 0.6) is 11.5 Å². The summed E-state index contributed by atoms with van der Waals surface area (Å²) >= 11 is 6.14. The van der Waals surface area contributed by atoms with Crippen LogP contribution in [0.2, 0.25) is 5.02 Å². The summed E-state index contributed by atoms with van der Waals surface area (Å²) in [5.41, 5.74) is 1.56. The third-order valence-electron chi connectivity index (χ3n) is 5.45. The second kappa shape index (κ2) is 9.34. The fraction of sp³-hybridized carbons (Fsp3) is 0.160. The Kier molecular flexibility index (Phi) is 6.33. The van der Waals surface area contributed by atoms with E-state index in [2.05, 4.69) is 0 Å². The number of hydrogen-bond donors (Lipinski definition) is 0. The minimum atomic E-state index is -0.379. The molecular weight excluding hydrogens is 444 g/mol. The van der Waals surface area contributed by atoms with Gasteiger partial charge in [0.2, 0.25) is 0 Å². The smallest absolute Gasteiger partial charge is 0.262 e. The number of methoxy groups -OCH3 is 2. The third kappa shape index (κ3) is 4.27. The normalized spacial score (nSPS) is 12.5. The average Bonchev–Trinajstić information content (AvgIpc) is 3.09. The van der Waals surface area contributed by atoms with Crippen LogP contribution in [0.3, 0.4) is 0 Å². The molecule has 0 N–H and O–H groups in total. The molecule has 0 spiro atoms. The van der Waals surface area contributed by atoms with E-state index >= 15 is 0 Å². The molecular formula is C25H21ClN2O5. The number of carbonyl (C=O) groups excluding carboxylic acids is 3. The number of carbonyl (C=O) groups is 3. The molecule has 3 amide bonds. The summed E-state index contributed by atoms with van der Waals surface area (Å²) < 4.78 is 10.6. The number of anilines is 1. The molecule has 0 atom stereocenters. The fourth-order valence-electron chi connectivity index (χ4n) is 3.75. The maximum absolute atomic E-state index is 13.6. The van der Waals surface area contributed by atoms with E-state index in [4.69, 9.17) is 21.1 Å². The maximum Gasteiger partial charge on any atom is 0.262 e. The molecule has 3 aromatic carbocycles. The number of imide groups is 1. The van der Waals surface area contributed by atoms with Crippen LogP contribution in [0.4, 0.5) is 5.69 Å². The zero-order valence-corrected chi connectivity index (χ0v) is 18.8. The molecule has 0 aliphatic carbocycles. The van der Waals surface area contributed by atoms with Crippen molar-refractivity contribution >= 4 is 35.0 Å². The Labute approximate surface area is 196 Å². The van der Waals surface area contributed by atoms with Gasteiger partial charge in [0.1, 0.15) is 11.5 Å². The van der Waals surface area contributed by atoms with Crippen molar-refractivity contribution in [2.75, 3.05) is 32.2 Å². The van der Waals surface area contributed by atoms with Gasteiger partial charge in [-0.05, 0) is 54.6 Å². The molecule has 4 rings (SSSR count). The SMILES string of the molecule is COc1ccc(N(CCN2C(=O)c3ccccc3C2=O)C(=O)c2cc(Cl)ccc2OC)cc1. The van der Waals surface area contributed by atoms with Crippen LogP contribution in [0, 0.1) is 0 Å². The molecule has 0 radical (unpaired) electrons. The minimum Gasteiger partial charge on any atom is -0.497 e. The Morgan fingerprint density at radius 3 is 2.12 bits per heavy atom. The van der Waals surface area contributed by atoms with Gasteiger partial charge in [-0.3, -0.25) is 19.3 Å². The van der Waals surface area contributed by atoms with E-state index < -0.39 is 0 Å². The van der Waals surface area contributed by atoms with Gasteiger partial charge in [-0.25, -0.2) is 0 Å². The molecule has 1 aliphatic rings. The predicted molar refractivity (Wildman–Crippen MR) is 124 cm³/mol. The Hall–Kier alpha value is -3.84. The van der Waals surface area contributed by atoms with Crippen molar-refractivity contribution in [2.24, 2.45) is 0 Å². The van der Waals surface area contributed by atoms with Crippen LogP contribution in [0.25, 0.3) is 0 Å². The number of rotatable bonds is 7. The fourth-order valence-corrected chi connectivity index (χ4v) is 3.92. The molecule has 3 aromatic rings. The summed E-state index contributed by atoms with van der Waals surface area (Å²) in [4.78, 5) is 41.8. The van der Waals surface area contributed by atoms with Crippen LogP contribution in [0.1, 0.15) is 31.1 Å². The van der Waals surface area contributed by atoms with Gasteiger partial charge in [-0.15, -0.1) is 0 Å². The van der Waals surface area contributed by atoms with Crippen molar-refractivity contribution < 1.29 is 23.9 Å². The molecule has 0 bridgehead atoms. The van der Waals surface area contributed by atoms with E-state index in [0.29, 0.717) is 33.3 Å². The van der Waals surface area contributed by atoms with Gasteiger partial charge in [-0.1, -0.05) is 23.7 Å². The van der Waals surface area contributed by atoms with Gasteiger partial charge in [-0.2, -0.15) is 0 Å². The number of halogens is 1. The predicted octanol–water partition coefficient (Wildman–Crippen LogP) is 4.30. The molecule has 0 saturated carbocycles. The summed E-state index contributed by atoms with van der Waals surface area (Å²) in [6.45, 7) is 0.0965. The molecule has 1 heterocycles. The van der Waals surface area contributed by atoms with Crippen molar-refractivity contribution in [1.29, 1.82) is 0 Å². The highest BCUT2D eigenvalue weighted by atomic mass is 35.5. The van der Waals surface area contributed by atoms with Crippen molar-refractivity contribution in [3.8, 4) is 11.5 Å². The first-order chi connectivity index (χ1) is 15.9. The Morgan fingerprint density at radius 2 is 1.55 bits per heavy atom. The van der Waals surface area contributed by atoms with Crippen LogP contribution >= 0.6 is 11.6 Å². The minimum absolute atomic E-state index is 0.0208. The molecule has 33 heavy (non-hydrogen) atoms. The van der Waals surface area contributed by atoms with E-state index in [1.165, 1.54) is 18.1 Å². The van der Waals surface area contributed by atoms with Crippen molar-refractivity contribution in [3.63, 3.8) is 0 Å². The molecule has 0 aromatic heterocycles. The lowest BCUT2D eigenvalue weighted by molar-refractivity contribution is 0.0654. The largest absolute Gasteiger partial charge is 0.497 e. The summed E-state index contributed by atoms with van der Waals surface area (Å²) in [7, 11) is 3.02. The first kappa shape index (κ1) is 22.4. The van der Waals surface area contributed by atoms with Crippen LogP contribution < -0.4 is 14.4 Å². The van der Waals surface area contributed by atoms with Crippen molar-refractivity contribution in [1.82, 2.24) is 4.90 Å². The maximum atomic E-state index is 13.6. The highest BCUT2D eigenvalue weighted by molar-refractivity contribution is 6.31. The van der Waals surface area contributed by atoms with E-state index in [9.17, 15) is 14.4 Å². The van der Waals surface area contributed by atoms with Crippen LogP contribution in [0.15, 0.2) is 66.7 Å². The van der Waals surface area contributed by atoms with E-state index in [0.717, 1.165) is 4.90 Å². The van der Waals surface area contributed by atoms with Crippen molar-refractivity contribution in [3.05, 3.63) is 88.4 Å². The first-order valence-corrected chi connectivity index (χ1v) is 10.6. The summed E-state index contributed by atoms with van der Waals surface area (Å²) in [6, 6.07) is 18.4. The van der Waals surface area contributed by atoms with Crippen LogP contribution in [-0.4, -0.2) is 49.9 Å². The second-order valence-corrected chi connectivity index (χ2v) is 7.74. The van der Waals surface area contributed by atoms with Crippen molar-refractivity contribution in [2.45, 2.75) is 0 Å². The lowest BCUT2D eigenvalue weighted by atomic mass is 10.1. The molecule has 0 fully saturated rings. The second-order valence-electron chi connectivity index (χ2n) is 7.31. The average molecular weight is 465 g/mol. The summed E-state index contributed by atoms with van der Waals surface area (Å²) in [5, 5.41) is 0.383. The Morgan fingerprint density at radius 1 is 0.909 bits per heavy atom. The zero-order valence-electron chi connectivity index (χ0n) is 18.1. The molecule has 0 unspecified atom stereocenters. The number of benzene rings is 3. The van der Waals surface area contributed by atoms with Gasteiger partial charge in [0, 0.05) is 23.8 Å². The highest BCUT2D eigenvalue weighted by Gasteiger charge is 2.35. The topological polar surface area (TPSA) is 76.2 Å². The number of amides is 3. The first-order valence-electron chi connectivity index (χ1n) is 10.2. The highest BCUT2D eigenvalue weighted by Crippen LogP contribution is 2.28. The number of fused-ring (bicyclic) bond motifs is 1. The Balaban J connectivity index is 1.65. The Bertz CT molecular complexity index is 1190. The van der Waals surface area contributed by atoms with Gasteiger partial charge >= 0.3 is 0 Å². The number of ether oxygens (including phenoxy) is 2. The summed E-state index contributed by atoms with van der Waals surface area (Å²) in [5.74, 6) is -0.136. The van der Waals surface area contributed by atoms with Gasteiger partial charge in [0.05, 0.1) is 30.9 Å². The van der Waals surface area contributed by atoms with Gasteiger partial charge < -0.3 is 14.4 Å². The van der Waals surface area contributed by atoms with E-state index in [1.54, 1.807) is 67.8 Å². The standard InChI is InChI=1S/C25H21ClN2O5/c1-32-18-10-8-17(9-11-18)27(25(31)21-15-16(26)7-12-22(21)33-2)13-14-28-23(29)19-5-3-4-6-20(19)24(28)30/h3-12,15H,13-14H2,1-2H3. The summed E-state index contributed by atoms with van der Waals surface area (Å²) in [6.07, 6.45) is 0.